The van der Waals surface area contributed by atoms with Crippen molar-refractivity contribution >= 4 is 27.1 Å². The van der Waals surface area contributed by atoms with E-state index in [2.05, 4.69) is 4.98 Å². The first-order chi connectivity index (χ1) is 11.5. The third-order valence-corrected chi connectivity index (χ3v) is 6.80. The van der Waals surface area contributed by atoms with Crippen molar-refractivity contribution in [3.8, 4) is 10.6 Å². The van der Waals surface area contributed by atoms with E-state index in [9.17, 15) is 13.2 Å². The lowest BCUT2D eigenvalue weighted by Crippen LogP contribution is -2.42. The minimum atomic E-state index is -3.06. The number of oxazole rings is 1. The molecule has 1 amide bonds. The number of hydrogen-bond acceptors (Lipinski definition) is 6. The van der Waals surface area contributed by atoms with E-state index in [1.807, 2.05) is 24.4 Å². The molecule has 0 radical (unpaired) electrons. The van der Waals surface area contributed by atoms with E-state index in [-0.39, 0.29) is 29.1 Å². The molecule has 2 aromatic heterocycles. The highest BCUT2D eigenvalue weighted by Crippen LogP contribution is 2.29. The molecule has 1 aliphatic rings. The van der Waals surface area contributed by atoms with Gasteiger partial charge in [0.1, 0.15) is 0 Å². The second-order valence-electron chi connectivity index (χ2n) is 5.92. The van der Waals surface area contributed by atoms with Crippen molar-refractivity contribution in [1.82, 2.24) is 9.88 Å². The Morgan fingerprint density at radius 2 is 2.33 bits per heavy atom. The quantitative estimate of drug-likeness (QED) is 0.783. The fraction of sp³-hybridized carbons (Fsp3) is 0.500. The predicted octanol–water partition coefficient (Wildman–Crippen LogP) is 2.83. The summed E-state index contributed by atoms with van der Waals surface area (Å²) in [6.45, 7) is 2.58. The zero-order valence-corrected chi connectivity index (χ0v) is 15.1. The highest BCUT2D eigenvalue weighted by atomic mass is 32.2. The van der Waals surface area contributed by atoms with Crippen molar-refractivity contribution < 1.29 is 17.6 Å². The van der Waals surface area contributed by atoms with Gasteiger partial charge < -0.3 is 9.32 Å². The van der Waals surface area contributed by atoms with Crippen molar-refractivity contribution in [2.24, 2.45) is 0 Å². The number of rotatable bonds is 6. The molecular weight excluding hydrogens is 348 g/mol. The van der Waals surface area contributed by atoms with Gasteiger partial charge in [0.25, 0.3) is 5.91 Å². The maximum atomic E-state index is 13.0. The summed E-state index contributed by atoms with van der Waals surface area (Å²) in [4.78, 5) is 19.7. The lowest BCUT2D eigenvalue weighted by atomic mass is 10.1. The lowest BCUT2D eigenvalue weighted by molar-refractivity contribution is 0.0689. The molecule has 0 aliphatic carbocycles. The van der Waals surface area contributed by atoms with Crippen LogP contribution in [0.3, 0.4) is 0 Å². The van der Waals surface area contributed by atoms with Gasteiger partial charge in [-0.25, -0.2) is 13.4 Å². The Labute approximate surface area is 145 Å². The van der Waals surface area contributed by atoms with Crippen molar-refractivity contribution in [1.29, 1.82) is 0 Å². The van der Waals surface area contributed by atoms with E-state index in [1.54, 1.807) is 4.90 Å². The van der Waals surface area contributed by atoms with Gasteiger partial charge in [0.2, 0.25) is 0 Å². The maximum Gasteiger partial charge on any atom is 0.276 e. The number of hydrogen-bond donors (Lipinski definition) is 0. The van der Waals surface area contributed by atoms with E-state index in [0.717, 1.165) is 17.7 Å². The molecule has 24 heavy (non-hydrogen) atoms. The number of amides is 1. The molecule has 0 aromatic carbocycles. The average Bonchev–Trinajstić information content (AvgIpc) is 3.26. The number of carbonyl (C=O) groups is 1. The minimum absolute atomic E-state index is 0.0364. The zero-order chi connectivity index (χ0) is 17.2. The molecule has 0 spiro atoms. The summed E-state index contributed by atoms with van der Waals surface area (Å²) in [6, 6.07) is 3.48. The minimum Gasteiger partial charge on any atom is -0.442 e. The molecule has 3 heterocycles. The number of thiophene rings is 1. The van der Waals surface area contributed by atoms with Crippen LogP contribution in [0.25, 0.3) is 10.6 Å². The molecule has 0 bridgehead atoms. The fourth-order valence-corrected chi connectivity index (χ4v) is 5.36. The van der Waals surface area contributed by atoms with Gasteiger partial charge in [-0.2, -0.15) is 0 Å². The van der Waals surface area contributed by atoms with Crippen molar-refractivity contribution in [3.05, 3.63) is 29.6 Å². The Balaban J connectivity index is 1.88. The van der Waals surface area contributed by atoms with Gasteiger partial charge in [-0.05, 0) is 24.3 Å². The summed E-state index contributed by atoms with van der Waals surface area (Å²) in [7, 11) is -3.06. The Kier molecular flexibility index (Phi) is 5.05. The summed E-state index contributed by atoms with van der Waals surface area (Å²) < 4.78 is 29.0. The van der Waals surface area contributed by atoms with E-state index in [0.29, 0.717) is 18.7 Å². The molecule has 2 aromatic rings. The lowest BCUT2D eigenvalue weighted by Gasteiger charge is -2.27. The van der Waals surface area contributed by atoms with Crippen molar-refractivity contribution in [2.75, 3.05) is 18.1 Å². The first kappa shape index (κ1) is 17.2. The third-order valence-electron chi connectivity index (χ3n) is 4.18. The summed E-state index contributed by atoms with van der Waals surface area (Å²) in [6.07, 6.45) is 3.52. The smallest absolute Gasteiger partial charge is 0.276 e. The van der Waals surface area contributed by atoms with Gasteiger partial charge >= 0.3 is 0 Å². The summed E-state index contributed by atoms with van der Waals surface area (Å²) in [5.74, 6) is 0.388. The van der Waals surface area contributed by atoms with Gasteiger partial charge in [-0.15, -0.1) is 11.3 Å². The van der Waals surface area contributed by atoms with Gasteiger partial charge in [0.05, 0.1) is 16.4 Å². The molecule has 8 heteroatoms. The molecule has 130 valence electrons. The second kappa shape index (κ2) is 7.06. The molecule has 1 atom stereocenters. The monoisotopic (exact) mass is 368 g/mol. The van der Waals surface area contributed by atoms with Gasteiger partial charge in [-0.1, -0.05) is 19.4 Å². The van der Waals surface area contributed by atoms with Crippen LogP contribution in [0, 0.1) is 0 Å². The fourth-order valence-electron chi connectivity index (χ4n) is 2.92. The Hall–Kier alpha value is -1.67. The number of sulfone groups is 1. The van der Waals surface area contributed by atoms with Crippen LogP contribution in [0.4, 0.5) is 0 Å². The SMILES string of the molecule is CCCCN(C(=O)c1ncoc1-c1cccs1)C1CCS(=O)(=O)C1. The average molecular weight is 368 g/mol. The third kappa shape index (κ3) is 3.54. The molecule has 1 unspecified atom stereocenters. The first-order valence-electron chi connectivity index (χ1n) is 8.00. The summed E-state index contributed by atoms with van der Waals surface area (Å²) >= 11 is 1.47. The molecule has 1 fully saturated rings. The first-order valence-corrected chi connectivity index (χ1v) is 10.7. The molecule has 1 saturated heterocycles. The normalized spacial score (nSPS) is 19.5. The van der Waals surface area contributed by atoms with Crippen LogP contribution < -0.4 is 0 Å². The number of unbranched alkanes of at least 4 members (excludes halogenated alkanes) is 1. The second-order valence-corrected chi connectivity index (χ2v) is 9.09. The molecule has 1 aliphatic heterocycles. The Bertz CT molecular complexity index is 796. The van der Waals surface area contributed by atoms with Gasteiger partial charge in [-0.3, -0.25) is 4.79 Å². The summed E-state index contributed by atoms with van der Waals surface area (Å²) in [5.41, 5.74) is 0.262. The topological polar surface area (TPSA) is 80.5 Å². The van der Waals surface area contributed by atoms with Gasteiger partial charge in [0.15, 0.2) is 27.7 Å². The van der Waals surface area contributed by atoms with Crippen molar-refractivity contribution in [2.45, 2.75) is 32.2 Å². The zero-order valence-electron chi connectivity index (χ0n) is 13.5. The summed E-state index contributed by atoms with van der Waals surface area (Å²) in [5, 5.41) is 1.91. The van der Waals surface area contributed by atoms with E-state index >= 15 is 0 Å². The van der Waals surface area contributed by atoms with Crippen LogP contribution >= 0.6 is 11.3 Å². The largest absolute Gasteiger partial charge is 0.442 e. The molecule has 0 saturated carbocycles. The standard InChI is InChI=1S/C16H20N2O4S2/c1-2-3-7-18(12-6-9-24(20,21)10-12)16(19)14-15(22-11-17-14)13-5-4-8-23-13/h4-5,8,11-12H,2-3,6-7,9-10H2,1H3. The molecule has 3 rings (SSSR count). The van der Waals surface area contributed by atoms with Crippen LogP contribution in [-0.4, -0.2) is 48.3 Å². The van der Waals surface area contributed by atoms with E-state index in [4.69, 9.17) is 4.42 Å². The molecule has 0 N–H and O–H groups in total. The highest BCUT2D eigenvalue weighted by molar-refractivity contribution is 7.91. The number of aromatic nitrogens is 1. The van der Waals surface area contributed by atoms with Crippen LogP contribution in [0.15, 0.2) is 28.3 Å². The predicted molar refractivity (Wildman–Crippen MR) is 92.8 cm³/mol. The van der Waals surface area contributed by atoms with Crippen LogP contribution in [0.5, 0.6) is 0 Å². The van der Waals surface area contributed by atoms with Gasteiger partial charge in [0, 0.05) is 12.6 Å². The van der Waals surface area contributed by atoms with E-state index < -0.39 is 9.84 Å². The molecule has 6 nitrogen and oxygen atoms in total. The maximum absolute atomic E-state index is 13.0. The Morgan fingerprint density at radius 1 is 1.50 bits per heavy atom. The van der Waals surface area contributed by atoms with Crippen molar-refractivity contribution in [3.63, 3.8) is 0 Å². The van der Waals surface area contributed by atoms with E-state index in [1.165, 1.54) is 17.7 Å². The van der Waals surface area contributed by atoms with Crippen LogP contribution in [0.2, 0.25) is 0 Å². The van der Waals surface area contributed by atoms with Crippen LogP contribution in [-0.2, 0) is 9.84 Å². The van der Waals surface area contributed by atoms with Crippen LogP contribution in [0.1, 0.15) is 36.7 Å². The number of carbonyl (C=O) groups excluding carboxylic acids is 1. The number of nitrogens with zero attached hydrogens (tertiary/aromatic N) is 2. The highest BCUT2D eigenvalue weighted by Gasteiger charge is 2.36. The molecular formula is C16H20N2O4S2. The Morgan fingerprint density at radius 3 is 2.96 bits per heavy atom.